The van der Waals surface area contributed by atoms with Gasteiger partial charge in [-0.15, -0.1) is 11.8 Å². The van der Waals surface area contributed by atoms with Crippen molar-refractivity contribution in [3.8, 4) is 11.8 Å². The summed E-state index contributed by atoms with van der Waals surface area (Å²) in [6, 6.07) is 2.59. The lowest BCUT2D eigenvalue weighted by molar-refractivity contribution is 0.0663. The molecule has 0 aliphatic rings. The van der Waals surface area contributed by atoms with E-state index in [0.29, 0.717) is 12.3 Å². The molecule has 1 rings (SSSR count). The van der Waals surface area contributed by atoms with Crippen LogP contribution in [-0.4, -0.2) is 28.8 Å². The van der Waals surface area contributed by atoms with Crippen molar-refractivity contribution in [2.75, 3.05) is 11.9 Å². The van der Waals surface area contributed by atoms with Crippen molar-refractivity contribution >= 4 is 11.9 Å². The van der Waals surface area contributed by atoms with Gasteiger partial charge in [-0.05, 0) is 13.0 Å². The molecule has 0 aromatic carbocycles. The third kappa shape index (κ3) is 3.33. The van der Waals surface area contributed by atoms with Gasteiger partial charge < -0.3 is 19.9 Å². The molecule has 5 nitrogen and oxygen atoms in total. The molecule has 0 fully saturated rings. The quantitative estimate of drug-likeness (QED) is 0.652. The SMILES string of the molecule is CC#CCC(CO)Nc1ccc(C(=O)O)o1. The van der Waals surface area contributed by atoms with Crippen LogP contribution >= 0.6 is 0 Å². The van der Waals surface area contributed by atoms with Crippen LogP contribution in [0.25, 0.3) is 0 Å². The maximum atomic E-state index is 10.5. The zero-order chi connectivity index (χ0) is 12.0. The normalized spacial score (nSPS) is 11.4. The van der Waals surface area contributed by atoms with Gasteiger partial charge in [0.05, 0.1) is 12.6 Å². The molecule has 0 amide bonds. The summed E-state index contributed by atoms with van der Waals surface area (Å²) < 4.78 is 4.99. The van der Waals surface area contributed by atoms with Crippen LogP contribution in [0.2, 0.25) is 0 Å². The number of aliphatic hydroxyl groups excluding tert-OH is 1. The maximum absolute atomic E-state index is 10.5. The van der Waals surface area contributed by atoms with Crippen LogP contribution < -0.4 is 5.32 Å². The molecule has 1 aromatic rings. The van der Waals surface area contributed by atoms with E-state index < -0.39 is 5.97 Å². The zero-order valence-electron chi connectivity index (χ0n) is 8.86. The molecule has 16 heavy (non-hydrogen) atoms. The van der Waals surface area contributed by atoms with Crippen LogP contribution in [0, 0.1) is 11.8 Å². The van der Waals surface area contributed by atoms with Gasteiger partial charge in [-0.25, -0.2) is 4.79 Å². The molecular weight excluding hydrogens is 210 g/mol. The first-order chi connectivity index (χ1) is 7.67. The summed E-state index contributed by atoms with van der Waals surface area (Å²) in [5.74, 6) is 4.59. The topological polar surface area (TPSA) is 82.7 Å². The van der Waals surface area contributed by atoms with E-state index in [1.165, 1.54) is 12.1 Å². The minimum atomic E-state index is -1.12. The van der Waals surface area contributed by atoms with E-state index in [-0.39, 0.29) is 18.4 Å². The van der Waals surface area contributed by atoms with Crippen LogP contribution in [0.5, 0.6) is 0 Å². The number of nitrogens with one attached hydrogen (secondary N) is 1. The third-order valence-electron chi connectivity index (χ3n) is 1.91. The molecule has 1 unspecified atom stereocenters. The molecular formula is C11H13NO4. The number of furan rings is 1. The molecule has 5 heteroatoms. The molecule has 1 aromatic heterocycles. The second kappa shape index (κ2) is 5.83. The number of hydrogen-bond acceptors (Lipinski definition) is 4. The number of carboxylic acids is 1. The summed E-state index contributed by atoms with van der Waals surface area (Å²) in [5, 5.41) is 20.5. The Morgan fingerprint density at radius 3 is 2.88 bits per heavy atom. The van der Waals surface area contributed by atoms with Gasteiger partial charge in [0.25, 0.3) is 0 Å². The van der Waals surface area contributed by atoms with Crippen molar-refractivity contribution in [1.29, 1.82) is 0 Å². The van der Waals surface area contributed by atoms with Crippen molar-refractivity contribution in [2.24, 2.45) is 0 Å². The largest absolute Gasteiger partial charge is 0.475 e. The number of rotatable bonds is 5. The van der Waals surface area contributed by atoms with Gasteiger partial charge in [-0.1, -0.05) is 0 Å². The molecule has 3 N–H and O–H groups in total. The molecule has 0 saturated heterocycles. The Hall–Kier alpha value is -1.93. The second-order valence-electron chi connectivity index (χ2n) is 3.12. The first-order valence-corrected chi connectivity index (χ1v) is 4.77. The number of aliphatic hydroxyl groups is 1. The molecule has 86 valence electrons. The lowest BCUT2D eigenvalue weighted by Crippen LogP contribution is -2.22. The molecule has 0 aliphatic heterocycles. The van der Waals surface area contributed by atoms with Crippen molar-refractivity contribution in [1.82, 2.24) is 0 Å². The van der Waals surface area contributed by atoms with Gasteiger partial charge in [0.15, 0.2) is 5.88 Å². The van der Waals surface area contributed by atoms with E-state index in [9.17, 15) is 4.79 Å². The van der Waals surface area contributed by atoms with E-state index in [4.69, 9.17) is 14.6 Å². The Kier molecular flexibility index (Phi) is 4.42. The lowest BCUT2D eigenvalue weighted by Gasteiger charge is -2.11. The molecule has 0 bridgehead atoms. The summed E-state index contributed by atoms with van der Waals surface area (Å²) in [6.07, 6.45) is 0.468. The van der Waals surface area contributed by atoms with Gasteiger partial charge in [-0.2, -0.15) is 0 Å². The highest BCUT2D eigenvalue weighted by atomic mass is 16.4. The summed E-state index contributed by atoms with van der Waals surface area (Å²) in [4.78, 5) is 10.5. The highest BCUT2D eigenvalue weighted by Crippen LogP contribution is 2.14. The number of anilines is 1. The van der Waals surface area contributed by atoms with Crippen molar-refractivity contribution in [3.05, 3.63) is 17.9 Å². The minimum Gasteiger partial charge on any atom is -0.475 e. The average molecular weight is 223 g/mol. The predicted molar refractivity (Wildman–Crippen MR) is 58.2 cm³/mol. The summed E-state index contributed by atoms with van der Waals surface area (Å²) in [7, 11) is 0. The second-order valence-corrected chi connectivity index (χ2v) is 3.12. The van der Waals surface area contributed by atoms with Gasteiger partial charge >= 0.3 is 5.97 Å². The Balaban J connectivity index is 2.61. The number of aromatic carboxylic acids is 1. The number of carbonyl (C=O) groups is 1. The Labute approximate surface area is 93.1 Å². The zero-order valence-corrected chi connectivity index (χ0v) is 8.86. The fourth-order valence-corrected chi connectivity index (χ4v) is 1.12. The number of hydrogen-bond donors (Lipinski definition) is 3. The van der Waals surface area contributed by atoms with Crippen LogP contribution in [0.1, 0.15) is 23.9 Å². The van der Waals surface area contributed by atoms with Crippen LogP contribution in [0.4, 0.5) is 5.88 Å². The predicted octanol–water partition coefficient (Wildman–Crippen LogP) is 1.16. The standard InChI is InChI=1S/C11H13NO4/c1-2-3-4-8(7-13)12-10-6-5-9(16-10)11(14)15/h5-6,8,12-13H,4,7H2,1H3,(H,14,15). The molecule has 0 aliphatic carbocycles. The van der Waals surface area contributed by atoms with Crippen LogP contribution in [0.3, 0.4) is 0 Å². The summed E-state index contributed by atoms with van der Waals surface area (Å²) in [5.41, 5.74) is 0. The van der Waals surface area contributed by atoms with Crippen molar-refractivity contribution in [2.45, 2.75) is 19.4 Å². The van der Waals surface area contributed by atoms with Crippen LogP contribution in [-0.2, 0) is 0 Å². The first-order valence-electron chi connectivity index (χ1n) is 4.77. The highest BCUT2D eigenvalue weighted by molar-refractivity contribution is 5.84. The van der Waals surface area contributed by atoms with E-state index in [2.05, 4.69) is 17.2 Å². The molecule has 0 radical (unpaired) electrons. The number of carboxylic acid groups (broad SMARTS) is 1. The first kappa shape index (κ1) is 12.1. The maximum Gasteiger partial charge on any atom is 0.371 e. The van der Waals surface area contributed by atoms with Gasteiger partial charge in [0.2, 0.25) is 5.76 Å². The van der Waals surface area contributed by atoms with Crippen molar-refractivity contribution < 1.29 is 19.4 Å². The monoisotopic (exact) mass is 223 g/mol. The summed E-state index contributed by atoms with van der Waals surface area (Å²) in [6.45, 7) is 1.61. The molecule has 0 spiro atoms. The van der Waals surface area contributed by atoms with E-state index in [0.717, 1.165) is 0 Å². The lowest BCUT2D eigenvalue weighted by atomic mass is 10.2. The Morgan fingerprint density at radius 1 is 1.62 bits per heavy atom. The van der Waals surface area contributed by atoms with Crippen LogP contribution in [0.15, 0.2) is 16.5 Å². The van der Waals surface area contributed by atoms with Gasteiger partial charge in [0.1, 0.15) is 0 Å². The average Bonchev–Trinajstić information content (AvgIpc) is 2.72. The third-order valence-corrected chi connectivity index (χ3v) is 1.91. The molecule has 1 atom stereocenters. The molecule has 0 saturated carbocycles. The smallest absolute Gasteiger partial charge is 0.371 e. The van der Waals surface area contributed by atoms with Crippen molar-refractivity contribution in [3.63, 3.8) is 0 Å². The fraction of sp³-hybridized carbons (Fsp3) is 0.364. The Morgan fingerprint density at radius 2 is 2.38 bits per heavy atom. The Bertz CT molecular complexity index is 413. The fourth-order valence-electron chi connectivity index (χ4n) is 1.12. The molecule has 1 heterocycles. The minimum absolute atomic E-state index is 0.0994. The highest BCUT2D eigenvalue weighted by Gasteiger charge is 2.11. The van der Waals surface area contributed by atoms with E-state index >= 15 is 0 Å². The summed E-state index contributed by atoms with van der Waals surface area (Å²) >= 11 is 0. The van der Waals surface area contributed by atoms with Gasteiger partial charge in [0, 0.05) is 12.5 Å². The van der Waals surface area contributed by atoms with E-state index in [1.807, 2.05) is 0 Å². The van der Waals surface area contributed by atoms with E-state index in [1.54, 1.807) is 6.92 Å². The van der Waals surface area contributed by atoms with Gasteiger partial charge in [-0.3, -0.25) is 0 Å².